The molecule has 2 heterocycles. The Balaban J connectivity index is 1.95. The van der Waals surface area contributed by atoms with Crippen LogP contribution in [0.4, 0.5) is 11.4 Å². The molecule has 2 aromatic carbocycles. The van der Waals surface area contributed by atoms with E-state index in [0.717, 1.165) is 22.6 Å². The third-order valence-electron chi connectivity index (χ3n) is 3.69. The maximum Gasteiger partial charge on any atom is 0.228 e. The van der Waals surface area contributed by atoms with Crippen LogP contribution in [-0.4, -0.2) is 5.71 Å². The van der Waals surface area contributed by atoms with Crippen LogP contribution in [0, 0.1) is 11.3 Å². The van der Waals surface area contributed by atoms with Gasteiger partial charge >= 0.3 is 0 Å². The Kier molecular flexibility index (Phi) is 2.88. The molecule has 0 aromatic heterocycles. The van der Waals surface area contributed by atoms with Gasteiger partial charge in [-0.2, -0.15) is 5.26 Å². The fourth-order valence-electron chi connectivity index (χ4n) is 2.65. The molecule has 2 aliphatic heterocycles. The number of allylic oxidation sites excluding steroid dienone is 2. The normalized spacial score (nSPS) is 15.7. The van der Waals surface area contributed by atoms with Crippen LogP contribution >= 0.6 is 0 Å². The van der Waals surface area contributed by atoms with Crippen molar-refractivity contribution in [1.29, 1.82) is 5.26 Å². The zero-order valence-corrected chi connectivity index (χ0v) is 12.1. The van der Waals surface area contributed by atoms with Crippen LogP contribution in [0.3, 0.4) is 0 Å². The number of nitrogens with two attached hydrogens (primary N) is 1. The Labute approximate surface area is 133 Å². The molecule has 0 fully saturated rings. The van der Waals surface area contributed by atoms with Crippen molar-refractivity contribution >= 4 is 17.1 Å². The van der Waals surface area contributed by atoms with Crippen molar-refractivity contribution in [2.75, 3.05) is 4.90 Å². The third-order valence-corrected chi connectivity index (χ3v) is 3.69. The maximum absolute atomic E-state index is 9.40. The minimum Gasteiger partial charge on any atom is -0.422 e. The summed E-state index contributed by atoms with van der Waals surface area (Å²) in [6.45, 7) is 0. The minimum atomic E-state index is 0.0999. The number of rotatable bonds is 1. The third kappa shape index (κ3) is 2.05. The molecule has 0 radical (unpaired) electrons. The van der Waals surface area contributed by atoms with E-state index < -0.39 is 0 Å². The largest absolute Gasteiger partial charge is 0.422 e. The molecular weight excluding hydrogens is 288 g/mol. The van der Waals surface area contributed by atoms with E-state index in [9.17, 15) is 5.26 Å². The van der Waals surface area contributed by atoms with Gasteiger partial charge in [0.05, 0.1) is 17.1 Å². The number of hydrogen-bond acceptors (Lipinski definition) is 5. The highest BCUT2D eigenvalue weighted by Crippen LogP contribution is 2.40. The smallest absolute Gasteiger partial charge is 0.228 e. The molecule has 0 amide bonds. The van der Waals surface area contributed by atoms with E-state index in [4.69, 9.17) is 15.5 Å². The van der Waals surface area contributed by atoms with Gasteiger partial charge in [0.15, 0.2) is 5.70 Å². The summed E-state index contributed by atoms with van der Waals surface area (Å²) in [4.78, 5) is 6.43. The first-order valence-electron chi connectivity index (χ1n) is 7.10. The summed E-state index contributed by atoms with van der Waals surface area (Å²) >= 11 is 0. The predicted molar refractivity (Wildman–Crippen MR) is 87.6 cm³/mol. The fourth-order valence-corrected chi connectivity index (χ4v) is 2.65. The lowest BCUT2D eigenvalue weighted by Gasteiger charge is -2.17. The molecule has 5 nitrogen and oxygen atoms in total. The van der Waals surface area contributed by atoms with Gasteiger partial charge in [-0.15, -0.1) is 0 Å². The van der Waals surface area contributed by atoms with Crippen LogP contribution in [0.2, 0.25) is 0 Å². The fraction of sp³-hybridized carbons (Fsp3) is 0. The number of benzene rings is 2. The molecule has 0 aliphatic carbocycles. The van der Waals surface area contributed by atoms with Crippen molar-refractivity contribution < 1.29 is 4.74 Å². The summed E-state index contributed by atoms with van der Waals surface area (Å²) in [6.07, 6.45) is 1.80. The first-order chi connectivity index (χ1) is 11.3. The Morgan fingerprint density at radius 1 is 1.04 bits per heavy atom. The highest BCUT2D eigenvalue weighted by molar-refractivity contribution is 6.11. The Hall–Kier alpha value is -3.52. The van der Waals surface area contributed by atoms with Gasteiger partial charge < -0.3 is 10.5 Å². The summed E-state index contributed by atoms with van der Waals surface area (Å²) in [6, 6.07) is 19.5. The first kappa shape index (κ1) is 13.2. The van der Waals surface area contributed by atoms with Crippen LogP contribution in [0.1, 0.15) is 5.56 Å². The lowest BCUT2D eigenvalue weighted by molar-refractivity contribution is 0.320. The van der Waals surface area contributed by atoms with Crippen LogP contribution in [0.15, 0.2) is 83.1 Å². The number of fused-ring (bicyclic) bond motifs is 3. The second kappa shape index (κ2) is 5.04. The zero-order valence-electron chi connectivity index (χ0n) is 12.1. The van der Waals surface area contributed by atoms with Gasteiger partial charge in [0, 0.05) is 11.6 Å². The van der Waals surface area contributed by atoms with E-state index >= 15 is 0 Å². The van der Waals surface area contributed by atoms with Crippen LogP contribution in [-0.2, 0) is 4.74 Å². The van der Waals surface area contributed by atoms with Crippen molar-refractivity contribution in [1.82, 2.24) is 0 Å². The summed E-state index contributed by atoms with van der Waals surface area (Å²) in [7, 11) is 0. The number of para-hydroxylation sites is 2. The van der Waals surface area contributed by atoms with Crippen molar-refractivity contribution in [3.63, 3.8) is 0 Å². The van der Waals surface area contributed by atoms with Crippen molar-refractivity contribution in [2.45, 2.75) is 0 Å². The quantitative estimate of drug-likeness (QED) is 0.878. The SMILES string of the molecule is N#CC1=C(N)OC2=CC(c3ccccc3)=Nc3ccccc3N21. The number of anilines is 1. The number of nitriles is 1. The lowest BCUT2D eigenvalue weighted by atomic mass is 10.1. The Morgan fingerprint density at radius 2 is 1.78 bits per heavy atom. The average molecular weight is 300 g/mol. The molecule has 0 spiro atoms. The summed E-state index contributed by atoms with van der Waals surface area (Å²) in [5.41, 5.74) is 9.36. The van der Waals surface area contributed by atoms with E-state index in [0.29, 0.717) is 5.88 Å². The van der Waals surface area contributed by atoms with E-state index in [2.05, 4.69) is 6.07 Å². The number of ether oxygens (including phenoxy) is 1. The van der Waals surface area contributed by atoms with Crippen LogP contribution in [0.25, 0.3) is 0 Å². The standard InChI is InChI=1S/C18H12N4O/c19-11-16-18(20)23-17-10-14(12-6-2-1-3-7-12)21-13-8-4-5-9-15(13)22(16)17/h1-10H,20H2. The van der Waals surface area contributed by atoms with Gasteiger partial charge in [-0.25, -0.2) is 4.99 Å². The molecule has 110 valence electrons. The molecule has 23 heavy (non-hydrogen) atoms. The minimum absolute atomic E-state index is 0.0999. The van der Waals surface area contributed by atoms with Crippen molar-refractivity contribution in [3.05, 3.63) is 83.7 Å². The number of aliphatic imine (C=N–C) groups is 1. The van der Waals surface area contributed by atoms with Gasteiger partial charge in [0.1, 0.15) is 6.07 Å². The summed E-state index contributed by atoms with van der Waals surface area (Å²) in [5, 5.41) is 9.40. The maximum atomic E-state index is 9.40. The first-order valence-corrected chi connectivity index (χ1v) is 7.10. The molecule has 2 aliphatic rings. The summed E-state index contributed by atoms with van der Waals surface area (Å²) < 4.78 is 5.60. The molecule has 2 aromatic rings. The van der Waals surface area contributed by atoms with Gasteiger partial charge in [0.2, 0.25) is 11.8 Å². The zero-order chi connectivity index (χ0) is 15.8. The molecule has 0 bridgehead atoms. The van der Waals surface area contributed by atoms with E-state index in [1.165, 1.54) is 0 Å². The Bertz CT molecular complexity index is 920. The second-order valence-corrected chi connectivity index (χ2v) is 5.10. The van der Waals surface area contributed by atoms with Gasteiger partial charge in [0.25, 0.3) is 0 Å². The van der Waals surface area contributed by atoms with E-state index in [-0.39, 0.29) is 11.6 Å². The van der Waals surface area contributed by atoms with Crippen LogP contribution in [0.5, 0.6) is 0 Å². The van der Waals surface area contributed by atoms with Gasteiger partial charge in [-0.1, -0.05) is 42.5 Å². The molecule has 5 heteroatoms. The number of nitrogens with zero attached hydrogens (tertiary/aromatic N) is 3. The highest BCUT2D eigenvalue weighted by Gasteiger charge is 2.33. The molecule has 2 N–H and O–H groups in total. The number of hydrogen-bond donors (Lipinski definition) is 1. The topological polar surface area (TPSA) is 74.6 Å². The summed E-state index contributed by atoms with van der Waals surface area (Å²) in [5.74, 6) is 0.578. The van der Waals surface area contributed by atoms with Gasteiger partial charge in [-0.05, 0) is 12.1 Å². The monoisotopic (exact) mass is 300 g/mol. The highest BCUT2D eigenvalue weighted by atomic mass is 16.5. The van der Waals surface area contributed by atoms with E-state index in [1.807, 2.05) is 54.6 Å². The molecule has 0 atom stereocenters. The second-order valence-electron chi connectivity index (χ2n) is 5.10. The van der Waals surface area contributed by atoms with E-state index in [1.54, 1.807) is 11.0 Å². The van der Waals surface area contributed by atoms with Gasteiger partial charge in [-0.3, -0.25) is 4.90 Å². The lowest BCUT2D eigenvalue weighted by Crippen LogP contribution is -2.16. The average Bonchev–Trinajstić information content (AvgIpc) is 2.81. The van der Waals surface area contributed by atoms with Crippen LogP contribution < -0.4 is 10.6 Å². The molecule has 0 unspecified atom stereocenters. The Morgan fingerprint density at radius 3 is 2.57 bits per heavy atom. The van der Waals surface area contributed by atoms with Crippen molar-refractivity contribution in [2.24, 2.45) is 10.7 Å². The van der Waals surface area contributed by atoms with Crippen molar-refractivity contribution in [3.8, 4) is 6.07 Å². The predicted octanol–water partition coefficient (Wildman–Crippen LogP) is 3.15. The molecule has 0 saturated heterocycles. The molecule has 0 saturated carbocycles. The molecule has 4 rings (SSSR count). The molecular formula is C18H12N4O.